The van der Waals surface area contributed by atoms with Crippen LogP contribution in [0.3, 0.4) is 0 Å². The van der Waals surface area contributed by atoms with Crippen molar-refractivity contribution < 1.29 is 0 Å². The van der Waals surface area contributed by atoms with Crippen molar-refractivity contribution in [1.82, 2.24) is 30.1 Å². The van der Waals surface area contributed by atoms with Gasteiger partial charge in [0.2, 0.25) is 0 Å². The zero-order valence-electron chi connectivity index (χ0n) is 17.3. The Bertz CT molecular complexity index is 1560. The van der Waals surface area contributed by atoms with Crippen LogP contribution in [0.4, 0.5) is 5.69 Å². The third kappa shape index (κ3) is 2.99. The normalized spacial score (nSPS) is 11.3. The molecular weight excluding hydrogens is 398 g/mol. The number of imidazole rings is 1. The van der Waals surface area contributed by atoms with E-state index < -0.39 is 0 Å². The largest absolute Gasteiger partial charge is 0.387 e. The van der Waals surface area contributed by atoms with E-state index >= 15 is 0 Å². The topological polar surface area (TPSA) is 95.2 Å². The number of hydrogen-bond acceptors (Lipinski definition) is 5. The Morgan fingerprint density at radius 2 is 1.84 bits per heavy atom. The minimum absolute atomic E-state index is 0.717. The fourth-order valence-electron chi connectivity index (χ4n) is 3.98. The molecular formula is C25H19N7. The van der Waals surface area contributed by atoms with Crippen LogP contribution in [0.2, 0.25) is 0 Å². The second kappa shape index (κ2) is 7.31. The number of pyridine rings is 2. The zero-order valence-corrected chi connectivity index (χ0v) is 17.3. The maximum Gasteiger partial charge on any atom is 0.159 e. The molecule has 32 heavy (non-hydrogen) atoms. The minimum atomic E-state index is 0.717. The van der Waals surface area contributed by atoms with Gasteiger partial charge in [0, 0.05) is 42.2 Å². The van der Waals surface area contributed by atoms with Crippen molar-refractivity contribution in [3.05, 3.63) is 79.3 Å². The van der Waals surface area contributed by atoms with Crippen molar-refractivity contribution in [3.63, 3.8) is 0 Å². The van der Waals surface area contributed by atoms with Crippen LogP contribution in [0, 0.1) is 0 Å². The van der Waals surface area contributed by atoms with Gasteiger partial charge in [-0.15, -0.1) is 0 Å². The first-order valence-corrected chi connectivity index (χ1v) is 10.3. The summed E-state index contributed by atoms with van der Waals surface area (Å²) >= 11 is 0. The summed E-state index contributed by atoms with van der Waals surface area (Å²) in [5, 5.41) is 11.8. The average Bonchev–Trinajstić information content (AvgIpc) is 3.48. The van der Waals surface area contributed by atoms with E-state index in [9.17, 15) is 0 Å². The smallest absolute Gasteiger partial charge is 0.159 e. The molecule has 2 aromatic carbocycles. The van der Waals surface area contributed by atoms with Crippen LogP contribution in [0.5, 0.6) is 0 Å². The first kappa shape index (κ1) is 18.3. The second-order valence-electron chi connectivity index (χ2n) is 7.55. The van der Waals surface area contributed by atoms with Crippen molar-refractivity contribution >= 4 is 27.6 Å². The Kier molecular flexibility index (Phi) is 4.18. The van der Waals surface area contributed by atoms with E-state index in [4.69, 9.17) is 4.98 Å². The van der Waals surface area contributed by atoms with Crippen molar-refractivity contribution in [2.75, 3.05) is 12.4 Å². The van der Waals surface area contributed by atoms with Gasteiger partial charge in [-0.2, -0.15) is 5.10 Å². The molecule has 4 aromatic heterocycles. The monoisotopic (exact) mass is 417 g/mol. The molecule has 7 heteroatoms. The number of aromatic nitrogens is 6. The van der Waals surface area contributed by atoms with E-state index in [0.29, 0.717) is 5.82 Å². The Hall–Kier alpha value is -4.52. The highest BCUT2D eigenvalue weighted by atomic mass is 15.1. The molecule has 4 heterocycles. The van der Waals surface area contributed by atoms with Crippen LogP contribution < -0.4 is 5.32 Å². The van der Waals surface area contributed by atoms with Crippen LogP contribution in [0.15, 0.2) is 79.3 Å². The molecule has 0 saturated heterocycles. The molecule has 0 spiro atoms. The Labute approximate surface area is 183 Å². The van der Waals surface area contributed by atoms with Gasteiger partial charge >= 0.3 is 0 Å². The summed E-state index contributed by atoms with van der Waals surface area (Å²) in [5.74, 6) is 0.717. The molecule has 0 fully saturated rings. The Morgan fingerprint density at radius 3 is 2.72 bits per heavy atom. The van der Waals surface area contributed by atoms with E-state index in [1.165, 1.54) is 0 Å². The predicted octanol–water partition coefficient (Wildman–Crippen LogP) is 5.27. The fourth-order valence-corrected chi connectivity index (χ4v) is 3.98. The van der Waals surface area contributed by atoms with E-state index in [2.05, 4.69) is 48.7 Å². The number of nitrogens with zero attached hydrogens (tertiary/aromatic N) is 4. The summed E-state index contributed by atoms with van der Waals surface area (Å²) in [7, 11) is 1.89. The molecule has 0 aliphatic heterocycles. The van der Waals surface area contributed by atoms with Gasteiger partial charge in [0.1, 0.15) is 5.69 Å². The molecule has 0 unspecified atom stereocenters. The van der Waals surface area contributed by atoms with E-state index in [1.807, 2.05) is 55.7 Å². The van der Waals surface area contributed by atoms with Crippen LogP contribution in [-0.4, -0.2) is 37.2 Å². The summed E-state index contributed by atoms with van der Waals surface area (Å²) in [5.41, 5.74) is 8.50. The van der Waals surface area contributed by atoms with Gasteiger partial charge in [0.25, 0.3) is 0 Å². The number of fused-ring (bicyclic) bond motifs is 2. The van der Waals surface area contributed by atoms with Gasteiger partial charge in [-0.3, -0.25) is 15.1 Å². The Morgan fingerprint density at radius 1 is 0.875 bits per heavy atom. The van der Waals surface area contributed by atoms with Gasteiger partial charge < -0.3 is 10.3 Å². The van der Waals surface area contributed by atoms with Crippen LogP contribution in [-0.2, 0) is 0 Å². The summed E-state index contributed by atoms with van der Waals surface area (Å²) in [4.78, 5) is 17.2. The maximum absolute atomic E-state index is 4.91. The standard InChI is InChI=1S/C25H19N7/c1-26-17-11-16(13-27-14-17)15-8-9-21-19(12-15)24(32-31-21)25-29-22-7-4-5-18(23(22)30-25)20-6-2-3-10-28-20/h2-14,26H,1H3,(H,29,30)(H,31,32). The highest BCUT2D eigenvalue weighted by molar-refractivity contribution is 5.98. The van der Waals surface area contributed by atoms with E-state index in [0.717, 1.165) is 55.7 Å². The van der Waals surface area contributed by atoms with Crippen LogP contribution >= 0.6 is 0 Å². The van der Waals surface area contributed by atoms with Crippen molar-refractivity contribution in [3.8, 4) is 33.9 Å². The molecule has 0 amide bonds. The molecule has 0 atom stereocenters. The Balaban J connectivity index is 1.50. The van der Waals surface area contributed by atoms with Gasteiger partial charge in [0.05, 0.1) is 27.9 Å². The summed E-state index contributed by atoms with van der Waals surface area (Å²) < 4.78 is 0. The number of benzene rings is 2. The number of rotatable bonds is 4. The van der Waals surface area contributed by atoms with Gasteiger partial charge in [-0.1, -0.05) is 24.3 Å². The number of aromatic amines is 2. The molecule has 0 aliphatic carbocycles. The zero-order chi connectivity index (χ0) is 21.5. The first-order valence-electron chi connectivity index (χ1n) is 10.3. The molecule has 0 aliphatic rings. The SMILES string of the molecule is CNc1cncc(-c2ccc3[nH]nc(-c4nc5c(-c6ccccn6)cccc5[nH]4)c3c2)c1. The molecule has 6 rings (SSSR count). The third-order valence-corrected chi connectivity index (χ3v) is 5.60. The van der Waals surface area contributed by atoms with Crippen molar-refractivity contribution in [1.29, 1.82) is 0 Å². The summed E-state index contributed by atoms with van der Waals surface area (Å²) in [6.07, 6.45) is 5.46. The average molecular weight is 417 g/mol. The lowest BCUT2D eigenvalue weighted by molar-refractivity contribution is 1.11. The molecule has 3 N–H and O–H groups in total. The number of nitrogens with one attached hydrogen (secondary N) is 3. The molecule has 0 bridgehead atoms. The predicted molar refractivity (Wildman–Crippen MR) is 127 cm³/mol. The van der Waals surface area contributed by atoms with Crippen molar-refractivity contribution in [2.24, 2.45) is 0 Å². The summed E-state index contributed by atoms with van der Waals surface area (Å²) in [6, 6.07) is 20.3. The lowest BCUT2D eigenvalue weighted by atomic mass is 10.0. The van der Waals surface area contributed by atoms with Crippen LogP contribution in [0.1, 0.15) is 0 Å². The highest BCUT2D eigenvalue weighted by Gasteiger charge is 2.16. The van der Waals surface area contributed by atoms with Gasteiger partial charge in [-0.25, -0.2) is 4.98 Å². The maximum atomic E-state index is 4.91. The highest BCUT2D eigenvalue weighted by Crippen LogP contribution is 2.32. The molecule has 6 aromatic rings. The third-order valence-electron chi connectivity index (χ3n) is 5.60. The molecule has 154 valence electrons. The second-order valence-corrected chi connectivity index (χ2v) is 7.55. The first-order chi connectivity index (χ1) is 15.8. The number of hydrogen-bond donors (Lipinski definition) is 3. The number of anilines is 1. The van der Waals surface area contributed by atoms with E-state index in [1.54, 1.807) is 12.4 Å². The molecule has 0 saturated carbocycles. The number of para-hydroxylation sites is 1. The van der Waals surface area contributed by atoms with E-state index in [-0.39, 0.29) is 0 Å². The van der Waals surface area contributed by atoms with Gasteiger partial charge in [0.15, 0.2) is 5.82 Å². The van der Waals surface area contributed by atoms with Gasteiger partial charge in [-0.05, 0) is 42.0 Å². The summed E-state index contributed by atoms with van der Waals surface area (Å²) in [6.45, 7) is 0. The molecule has 7 nitrogen and oxygen atoms in total. The quantitative estimate of drug-likeness (QED) is 0.363. The molecule has 0 radical (unpaired) electrons. The lowest BCUT2D eigenvalue weighted by Crippen LogP contribution is -1.90. The minimum Gasteiger partial charge on any atom is -0.387 e. The fraction of sp³-hybridized carbons (Fsp3) is 0.0400. The van der Waals surface area contributed by atoms with Crippen molar-refractivity contribution in [2.45, 2.75) is 0 Å². The number of H-pyrrole nitrogens is 2. The van der Waals surface area contributed by atoms with Crippen LogP contribution in [0.25, 0.3) is 55.8 Å². The lowest BCUT2D eigenvalue weighted by Gasteiger charge is -2.05.